The van der Waals surface area contributed by atoms with Crippen molar-refractivity contribution in [2.75, 3.05) is 17.2 Å². The summed E-state index contributed by atoms with van der Waals surface area (Å²) in [6.07, 6.45) is 4.63. The van der Waals surface area contributed by atoms with Crippen LogP contribution in [0.25, 0.3) is 0 Å². The van der Waals surface area contributed by atoms with Crippen LogP contribution in [0.2, 0.25) is 5.02 Å². The van der Waals surface area contributed by atoms with Crippen LogP contribution in [0.5, 0.6) is 0 Å². The predicted molar refractivity (Wildman–Crippen MR) is 99.8 cm³/mol. The number of benzene rings is 1. The van der Waals surface area contributed by atoms with Crippen molar-refractivity contribution in [1.29, 1.82) is 0 Å². The normalized spacial score (nSPS) is 16.4. The van der Waals surface area contributed by atoms with Crippen molar-refractivity contribution in [2.45, 2.75) is 19.0 Å². The van der Waals surface area contributed by atoms with Crippen LogP contribution >= 0.6 is 11.6 Å². The molecule has 7 nitrogen and oxygen atoms in total. The van der Waals surface area contributed by atoms with Gasteiger partial charge in [-0.1, -0.05) is 30.3 Å². The van der Waals surface area contributed by atoms with E-state index in [1.54, 1.807) is 17.0 Å². The van der Waals surface area contributed by atoms with Gasteiger partial charge in [0, 0.05) is 25.2 Å². The van der Waals surface area contributed by atoms with E-state index < -0.39 is 0 Å². The summed E-state index contributed by atoms with van der Waals surface area (Å²) in [5.41, 5.74) is 1.67. The van der Waals surface area contributed by atoms with E-state index in [-0.39, 0.29) is 17.9 Å². The summed E-state index contributed by atoms with van der Waals surface area (Å²) in [4.78, 5) is 33.5. The van der Waals surface area contributed by atoms with Gasteiger partial charge in [-0.3, -0.25) is 9.59 Å². The highest BCUT2D eigenvalue weighted by molar-refractivity contribution is 6.30. The Balaban J connectivity index is 1.56. The molecule has 0 saturated carbocycles. The van der Waals surface area contributed by atoms with Crippen LogP contribution in [0.3, 0.4) is 0 Å². The largest absolute Gasteiger partial charge is 0.349 e. The van der Waals surface area contributed by atoms with Gasteiger partial charge in [-0.15, -0.1) is 0 Å². The second-order valence-corrected chi connectivity index (χ2v) is 6.37. The molecule has 2 aromatic rings. The first-order valence-electron chi connectivity index (χ1n) is 8.07. The lowest BCUT2D eigenvalue weighted by Crippen LogP contribution is -2.28. The molecule has 1 aliphatic heterocycles. The zero-order valence-electron chi connectivity index (χ0n) is 14.0. The van der Waals surface area contributed by atoms with E-state index in [0.717, 1.165) is 5.56 Å². The first-order valence-corrected chi connectivity index (χ1v) is 8.45. The van der Waals surface area contributed by atoms with Crippen LogP contribution in [0.4, 0.5) is 11.6 Å². The van der Waals surface area contributed by atoms with Gasteiger partial charge < -0.3 is 15.5 Å². The Bertz CT molecular complexity index is 807. The summed E-state index contributed by atoms with van der Waals surface area (Å²) >= 11 is 5.77. The molecule has 0 bridgehead atoms. The molecule has 3 rings (SSSR count). The highest BCUT2D eigenvalue weighted by atomic mass is 35.5. The first kappa shape index (κ1) is 17.9. The number of halogens is 1. The Labute approximate surface area is 156 Å². The molecular weight excluding hydrogens is 354 g/mol. The van der Waals surface area contributed by atoms with E-state index in [1.165, 1.54) is 18.5 Å². The van der Waals surface area contributed by atoms with E-state index in [4.69, 9.17) is 11.6 Å². The summed E-state index contributed by atoms with van der Waals surface area (Å²) in [6.45, 7) is 4.49. The Morgan fingerprint density at radius 2 is 2.00 bits per heavy atom. The SMILES string of the molecule is C=CC(=O)Nc1ccc(CN2C[C@H](Nc3ncc(Cl)cn3)CC2=O)cc1. The van der Waals surface area contributed by atoms with Gasteiger partial charge in [-0.25, -0.2) is 9.97 Å². The lowest BCUT2D eigenvalue weighted by atomic mass is 10.2. The Morgan fingerprint density at radius 3 is 2.65 bits per heavy atom. The average molecular weight is 372 g/mol. The van der Waals surface area contributed by atoms with Crippen LogP contribution in [0, 0.1) is 0 Å². The van der Waals surface area contributed by atoms with Gasteiger partial charge in [0.15, 0.2) is 0 Å². The van der Waals surface area contributed by atoms with Crippen molar-refractivity contribution in [1.82, 2.24) is 14.9 Å². The van der Waals surface area contributed by atoms with Crippen LogP contribution < -0.4 is 10.6 Å². The van der Waals surface area contributed by atoms with E-state index in [2.05, 4.69) is 27.2 Å². The smallest absolute Gasteiger partial charge is 0.247 e. The molecule has 1 aliphatic rings. The molecule has 1 atom stereocenters. The summed E-state index contributed by atoms with van der Waals surface area (Å²) < 4.78 is 0. The van der Waals surface area contributed by atoms with Crippen molar-refractivity contribution in [3.05, 3.63) is 59.9 Å². The fourth-order valence-electron chi connectivity index (χ4n) is 2.70. The summed E-state index contributed by atoms with van der Waals surface area (Å²) in [5, 5.41) is 6.31. The zero-order chi connectivity index (χ0) is 18.5. The Kier molecular flexibility index (Phi) is 5.48. The highest BCUT2D eigenvalue weighted by Crippen LogP contribution is 2.19. The minimum Gasteiger partial charge on any atom is -0.349 e. The van der Waals surface area contributed by atoms with Crippen molar-refractivity contribution >= 4 is 35.1 Å². The Hall–Kier alpha value is -2.93. The number of carbonyl (C=O) groups excluding carboxylic acids is 2. The van der Waals surface area contributed by atoms with E-state index in [1.807, 2.05) is 12.1 Å². The molecule has 8 heteroatoms. The maximum Gasteiger partial charge on any atom is 0.247 e. The summed E-state index contributed by atoms with van der Waals surface area (Å²) in [7, 11) is 0. The van der Waals surface area contributed by atoms with Gasteiger partial charge in [-0.2, -0.15) is 0 Å². The third kappa shape index (κ3) is 4.58. The number of amides is 2. The monoisotopic (exact) mass is 371 g/mol. The molecule has 0 spiro atoms. The van der Waals surface area contributed by atoms with Crippen molar-refractivity contribution in [2.24, 2.45) is 0 Å². The molecule has 1 saturated heterocycles. The minimum absolute atomic E-state index is 0.0465. The van der Waals surface area contributed by atoms with Crippen LogP contribution in [-0.2, 0) is 16.1 Å². The quantitative estimate of drug-likeness (QED) is 0.762. The van der Waals surface area contributed by atoms with E-state index in [0.29, 0.717) is 36.2 Å². The molecule has 2 N–H and O–H groups in total. The third-order valence-corrected chi connectivity index (χ3v) is 4.14. The van der Waals surface area contributed by atoms with Gasteiger partial charge >= 0.3 is 0 Å². The molecule has 2 heterocycles. The lowest BCUT2D eigenvalue weighted by Gasteiger charge is -2.17. The van der Waals surface area contributed by atoms with Gasteiger partial charge in [0.1, 0.15) is 0 Å². The van der Waals surface area contributed by atoms with Crippen molar-refractivity contribution in [3.8, 4) is 0 Å². The van der Waals surface area contributed by atoms with E-state index >= 15 is 0 Å². The van der Waals surface area contributed by atoms with Crippen molar-refractivity contribution < 1.29 is 9.59 Å². The van der Waals surface area contributed by atoms with Gasteiger partial charge in [0.25, 0.3) is 0 Å². The number of rotatable bonds is 6. The standard InChI is InChI=1S/C18H18ClN5O2/c1-2-16(25)22-14-5-3-12(4-6-14)10-24-11-15(7-17(24)26)23-18-20-8-13(19)9-21-18/h2-6,8-9,15H,1,7,10-11H2,(H,22,25)(H,20,21,23)/t15-/m1/s1. The number of nitrogens with one attached hydrogen (secondary N) is 2. The lowest BCUT2D eigenvalue weighted by molar-refractivity contribution is -0.128. The molecule has 0 radical (unpaired) electrons. The number of hydrogen-bond donors (Lipinski definition) is 2. The molecule has 134 valence electrons. The number of likely N-dealkylation sites (tertiary alicyclic amines) is 1. The molecule has 1 fully saturated rings. The molecule has 0 unspecified atom stereocenters. The number of aromatic nitrogens is 2. The third-order valence-electron chi connectivity index (χ3n) is 3.95. The van der Waals surface area contributed by atoms with Crippen LogP contribution in [0.15, 0.2) is 49.3 Å². The van der Waals surface area contributed by atoms with Crippen molar-refractivity contribution in [3.63, 3.8) is 0 Å². The molecule has 1 aromatic heterocycles. The summed E-state index contributed by atoms with van der Waals surface area (Å²) in [5.74, 6) is 0.266. The van der Waals surface area contributed by atoms with E-state index in [9.17, 15) is 9.59 Å². The number of carbonyl (C=O) groups is 2. The number of nitrogens with zero attached hydrogens (tertiary/aromatic N) is 3. The van der Waals surface area contributed by atoms with Gasteiger partial charge in [0.2, 0.25) is 17.8 Å². The maximum absolute atomic E-state index is 12.2. The maximum atomic E-state index is 12.2. The fourth-order valence-corrected chi connectivity index (χ4v) is 2.80. The second-order valence-electron chi connectivity index (χ2n) is 5.93. The summed E-state index contributed by atoms with van der Waals surface area (Å²) in [6, 6.07) is 7.32. The van der Waals surface area contributed by atoms with Gasteiger partial charge in [0.05, 0.1) is 23.5 Å². The number of hydrogen-bond acceptors (Lipinski definition) is 5. The molecule has 1 aromatic carbocycles. The molecular formula is C18H18ClN5O2. The molecule has 0 aliphatic carbocycles. The minimum atomic E-state index is -0.259. The average Bonchev–Trinajstić information content (AvgIpc) is 2.97. The second kappa shape index (κ2) is 7.97. The fraction of sp³-hybridized carbons (Fsp3) is 0.222. The predicted octanol–water partition coefficient (Wildman–Crippen LogP) is 2.47. The molecule has 26 heavy (non-hydrogen) atoms. The zero-order valence-corrected chi connectivity index (χ0v) is 14.7. The van der Waals surface area contributed by atoms with Crippen LogP contribution in [0.1, 0.15) is 12.0 Å². The number of anilines is 2. The topological polar surface area (TPSA) is 87.2 Å². The molecule has 2 amide bonds. The van der Waals surface area contributed by atoms with Gasteiger partial charge in [-0.05, 0) is 23.8 Å². The van der Waals surface area contributed by atoms with Crippen LogP contribution in [-0.4, -0.2) is 39.3 Å². The first-order chi connectivity index (χ1) is 12.5. The highest BCUT2D eigenvalue weighted by Gasteiger charge is 2.29. The Morgan fingerprint density at radius 1 is 1.31 bits per heavy atom.